The van der Waals surface area contributed by atoms with Crippen LogP contribution in [0.3, 0.4) is 0 Å². The van der Waals surface area contributed by atoms with Gasteiger partial charge in [0.2, 0.25) is 0 Å². The second-order valence-corrected chi connectivity index (χ2v) is 2.08. The van der Waals surface area contributed by atoms with Gasteiger partial charge in [-0.15, -0.1) is 0 Å². The zero-order valence-corrected chi connectivity index (χ0v) is 6.02. The van der Waals surface area contributed by atoms with Gasteiger partial charge in [0.15, 0.2) is 0 Å². The van der Waals surface area contributed by atoms with Crippen LogP contribution in [0.5, 0.6) is 0 Å². The Morgan fingerprint density at radius 3 is 2.33 bits per heavy atom. The normalized spacial score (nSPS) is 12.1. The maximum absolute atomic E-state index is 10.7. The molecule has 0 fully saturated rings. The lowest BCUT2D eigenvalue weighted by Gasteiger charge is -2.05. The molecule has 0 aromatic heterocycles. The maximum atomic E-state index is 10.7. The summed E-state index contributed by atoms with van der Waals surface area (Å²) in [5.41, 5.74) is 0.320. The summed E-state index contributed by atoms with van der Waals surface area (Å²) in [6.07, 6.45) is -1.16. The standard InChI is InChI=1S/C7H12O2/c1-5(2)7(8)9-6(3)4/h6H,1H2,2-4H3/i6D. The van der Waals surface area contributed by atoms with Crippen LogP contribution < -0.4 is 0 Å². The van der Waals surface area contributed by atoms with Crippen molar-refractivity contribution in [1.82, 2.24) is 0 Å². The Balaban J connectivity index is 3.93. The molecule has 0 atom stereocenters. The van der Waals surface area contributed by atoms with E-state index in [1.54, 1.807) is 6.92 Å². The van der Waals surface area contributed by atoms with Gasteiger partial charge in [0, 0.05) is 5.57 Å². The van der Waals surface area contributed by atoms with Crippen molar-refractivity contribution in [3.8, 4) is 0 Å². The van der Waals surface area contributed by atoms with Gasteiger partial charge in [0.05, 0.1) is 7.45 Å². The summed E-state index contributed by atoms with van der Waals surface area (Å²) >= 11 is 0. The molecule has 52 valence electrons. The fraction of sp³-hybridized carbons (Fsp3) is 0.571. The largest absolute Gasteiger partial charge is 0.460 e. The first kappa shape index (κ1) is 6.33. The lowest BCUT2D eigenvalue weighted by atomic mass is 10.3. The van der Waals surface area contributed by atoms with Crippen LogP contribution in [0.2, 0.25) is 0 Å². The highest BCUT2D eigenvalue weighted by molar-refractivity contribution is 5.87. The van der Waals surface area contributed by atoms with E-state index in [0.717, 1.165) is 0 Å². The third-order valence-electron chi connectivity index (χ3n) is 0.645. The molecule has 0 N–H and O–H groups in total. The van der Waals surface area contributed by atoms with Crippen molar-refractivity contribution in [3.05, 3.63) is 12.2 Å². The van der Waals surface area contributed by atoms with Crippen LogP contribution in [0.15, 0.2) is 12.2 Å². The van der Waals surface area contributed by atoms with Crippen LogP contribution in [-0.2, 0) is 9.53 Å². The van der Waals surface area contributed by atoms with E-state index >= 15 is 0 Å². The van der Waals surface area contributed by atoms with Crippen molar-refractivity contribution in [2.45, 2.75) is 26.9 Å². The van der Waals surface area contributed by atoms with Crippen molar-refractivity contribution >= 4 is 5.97 Å². The fourth-order valence-corrected chi connectivity index (χ4v) is 0.273. The van der Waals surface area contributed by atoms with Gasteiger partial charge < -0.3 is 4.74 Å². The first-order valence-corrected chi connectivity index (χ1v) is 2.72. The SMILES string of the molecule is [2H]C(C)(C)OC(=O)C(=C)C. The van der Waals surface area contributed by atoms with Gasteiger partial charge in [-0.1, -0.05) is 6.58 Å². The Kier molecular flexibility index (Phi) is 2.31. The summed E-state index contributed by atoms with van der Waals surface area (Å²) in [6.45, 7) is 7.92. The lowest BCUT2D eigenvalue weighted by molar-refractivity contribution is -0.142. The minimum Gasteiger partial charge on any atom is -0.460 e. The molecule has 2 heteroatoms. The number of rotatable bonds is 2. The molecule has 0 radical (unpaired) electrons. The topological polar surface area (TPSA) is 26.3 Å². The molecule has 0 aromatic carbocycles. The van der Waals surface area contributed by atoms with Gasteiger partial charge in [0.25, 0.3) is 0 Å². The quantitative estimate of drug-likeness (QED) is 0.417. The Bertz CT molecular complexity index is 155. The molecule has 9 heavy (non-hydrogen) atoms. The molecule has 0 rings (SSSR count). The first-order valence-electron chi connectivity index (χ1n) is 3.22. The molecular weight excluding hydrogens is 116 g/mol. The van der Waals surface area contributed by atoms with E-state index in [4.69, 9.17) is 1.37 Å². The van der Waals surface area contributed by atoms with E-state index in [-0.39, 0.29) is 0 Å². The van der Waals surface area contributed by atoms with Crippen LogP contribution in [0.1, 0.15) is 22.1 Å². The van der Waals surface area contributed by atoms with E-state index in [2.05, 4.69) is 11.3 Å². The maximum Gasteiger partial charge on any atom is 0.333 e. The molecule has 0 amide bonds. The number of ether oxygens (including phenoxy) is 1. The van der Waals surface area contributed by atoms with Crippen molar-refractivity contribution in [2.24, 2.45) is 0 Å². The zero-order chi connectivity index (χ0) is 8.36. The number of carbonyl (C=O) groups excluding carboxylic acids is 1. The highest BCUT2D eigenvalue weighted by Crippen LogP contribution is 1.95. The number of hydrogen-bond acceptors (Lipinski definition) is 2. The van der Waals surface area contributed by atoms with E-state index < -0.39 is 12.0 Å². The molecule has 0 aliphatic carbocycles. The van der Waals surface area contributed by atoms with Gasteiger partial charge in [-0.05, 0) is 20.8 Å². The molecule has 0 aromatic rings. The van der Waals surface area contributed by atoms with Gasteiger partial charge in [-0.2, -0.15) is 0 Å². The second-order valence-electron chi connectivity index (χ2n) is 2.08. The predicted octanol–water partition coefficient (Wildman–Crippen LogP) is 1.51. The molecule has 0 bridgehead atoms. The van der Waals surface area contributed by atoms with Crippen molar-refractivity contribution < 1.29 is 10.9 Å². The van der Waals surface area contributed by atoms with Crippen LogP contribution in [0.4, 0.5) is 0 Å². The van der Waals surface area contributed by atoms with Gasteiger partial charge in [-0.3, -0.25) is 0 Å². The van der Waals surface area contributed by atoms with Crippen LogP contribution in [0.25, 0.3) is 0 Å². The summed E-state index contributed by atoms with van der Waals surface area (Å²) in [6, 6.07) is 0. The van der Waals surface area contributed by atoms with Crippen LogP contribution >= 0.6 is 0 Å². The Morgan fingerprint density at radius 2 is 2.22 bits per heavy atom. The van der Waals surface area contributed by atoms with E-state index in [9.17, 15) is 4.79 Å². The predicted molar refractivity (Wildman–Crippen MR) is 36.0 cm³/mol. The van der Waals surface area contributed by atoms with Crippen LogP contribution in [-0.4, -0.2) is 12.0 Å². The van der Waals surface area contributed by atoms with Crippen molar-refractivity contribution in [3.63, 3.8) is 0 Å². The third kappa shape index (κ3) is 3.76. The van der Waals surface area contributed by atoms with Crippen LogP contribution in [0, 0.1) is 0 Å². The summed E-state index contributed by atoms with van der Waals surface area (Å²) in [5.74, 6) is -0.514. The van der Waals surface area contributed by atoms with E-state index in [1.165, 1.54) is 13.8 Å². The summed E-state index contributed by atoms with van der Waals surface area (Å²) in [7, 11) is 0. The number of carbonyl (C=O) groups is 1. The van der Waals surface area contributed by atoms with E-state index in [0.29, 0.717) is 5.57 Å². The second kappa shape index (κ2) is 3.28. The molecule has 0 saturated carbocycles. The molecular formula is C7H12O2. The molecule has 0 saturated heterocycles. The minimum absolute atomic E-state index is 0.320. The smallest absolute Gasteiger partial charge is 0.333 e. The molecule has 0 aliphatic heterocycles. The molecule has 2 nitrogen and oxygen atoms in total. The Morgan fingerprint density at radius 1 is 1.78 bits per heavy atom. The van der Waals surface area contributed by atoms with Gasteiger partial charge >= 0.3 is 5.97 Å². The van der Waals surface area contributed by atoms with Gasteiger partial charge in [-0.25, -0.2) is 4.79 Å². The average molecular weight is 129 g/mol. The highest BCUT2D eigenvalue weighted by Gasteiger charge is 2.03. The van der Waals surface area contributed by atoms with Crippen molar-refractivity contribution in [2.75, 3.05) is 0 Å². The zero-order valence-electron chi connectivity index (χ0n) is 7.02. The number of hydrogen-bond donors (Lipinski definition) is 0. The number of esters is 1. The van der Waals surface area contributed by atoms with Crippen molar-refractivity contribution in [1.29, 1.82) is 0 Å². The lowest BCUT2D eigenvalue weighted by Crippen LogP contribution is -2.11. The highest BCUT2D eigenvalue weighted by atomic mass is 16.5. The molecule has 0 heterocycles. The first-order chi connectivity index (χ1) is 4.33. The third-order valence-corrected chi connectivity index (χ3v) is 0.645. The summed E-state index contributed by atoms with van der Waals surface area (Å²) < 4.78 is 11.8. The Labute approximate surface area is 56.9 Å². The van der Waals surface area contributed by atoms with E-state index in [1.807, 2.05) is 0 Å². The summed E-state index contributed by atoms with van der Waals surface area (Å²) in [4.78, 5) is 10.7. The Hall–Kier alpha value is -0.790. The summed E-state index contributed by atoms with van der Waals surface area (Å²) in [5, 5.41) is 0. The minimum atomic E-state index is -1.16. The molecule has 0 spiro atoms. The fourth-order valence-electron chi connectivity index (χ4n) is 0.273. The monoisotopic (exact) mass is 129 g/mol. The average Bonchev–Trinajstić information content (AvgIpc) is 1.60. The van der Waals surface area contributed by atoms with Gasteiger partial charge in [0.1, 0.15) is 0 Å². The molecule has 0 aliphatic rings. The molecule has 0 unspecified atom stereocenters.